The van der Waals surface area contributed by atoms with Crippen LogP contribution < -0.4 is 10.6 Å². The van der Waals surface area contributed by atoms with Gasteiger partial charge in [0.2, 0.25) is 5.91 Å². The number of hydrogen-bond donors (Lipinski definition) is 2. The van der Waals surface area contributed by atoms with Gasteiger partial charge in [-0.2, -0.15) is 0 Å². The van der Waals surface area contributed by atoms with Crippen LogP contribution >= 0.6 is 0 Å². The van der Waals surface area contributed by atoms with Crippen LogP contribution in [0.1, 0.15) is 26.3 Å². The molecule has 2 rings (SSSR count). The number of benzene rings is 2. The summed E-state index contributed by atoms with van der Waals surface area (Å²) in [4.78, 5) is 35.5. The second kappa shape index (κ2) is 7.92. The van der Waals surface area contributed by atoms with Crippen LogP contribution in [0.3, 0.4) is 0 Å². The number of methoxy groups -OCH3 is 1. The smallest absolute Gasteiger partial charge is 0.337 e. The lowest BCUT2D eigenvalue weighted by molar-refractivity contribution is -0.115. The molecule has 0 saturated carbocycles. The third kappa shape index (κ3) is 4.42. The minimum Gasteiger partial charge on any atom is -0.465 e. The van der Waals surface area contributed by atoms with Gasteiger partial charge < -0.3 is 15.4 Å². The summed E-state index contributed by atoms with van der Waals surface area (Å²) in [5.41, 5.74) is 2.11. The van der Waals surface area contributed by atoms with Gasteiger partial charge in [0, 0.05) is 11.3 Å². The summed E-state index contributed by atoms with van der Waals surface area (Å²) in [5.74, 6) is -1.20. The van der Waals surface area contributed by atoms with Gasteiger partial charge in [0.05, 0.1) is 19.2 Å². The standard InChI is InChI=1S/C18H18N2O4/c1-12-8-9-14(18(23)24-2)10-15(12)20-16(21)11-19-17(22)13-6-4-3-5-7-13/h3-10H,11H2,1-2H3,(H,19,22)(H,20,21). The van der Waals surface area contributed by atoms with Crippen molar-refractivity contribution < 1.29 is 19.1 Å². The highest BCUT2D eigenvalue weighted by Gasteiger charge is 2.11. The molecule has 0 atom stereocenters. The van der Waals surface area contributed by atoms with Gasteiger partial charge in [-0.25, -0.2) is 4.79 Å². The predicted octanol–water partition coefficient (Wildman–Crippen LogP) is 2.15. The molecule has 124 valence electrons. The van der Waals surface area contributed by atoms with Crippen LogP contribution in [0.5, 0.6) is 0 Å². The number of nitrogens with one attached hydrogen (secondary N) is 2. The third-order valence-corrected chi connectivity index (χ3v) is 3.38. The molecule has 0 heterocycles. The van der Waals surface area contributed by atoms with Gasteiger partial charge in [0.1, 0.15) is 0 Å². The molecule has 2 N–H and O–H groups in total. The van der Waals surface area contributed by atoms with Crippen LogP contribution in [0, 0.1) is 6.92 Å². The molecule has 2 aromatic carbocycles. The number of rotatable bonds is 5. The van der Waals surface area contributed by atoms with Gasteiger partial charge in [-0.05, 0) is 36.8 Å². The average molecular weight is 326 g/mol. The van der Waals surface area contributed by atoms with Gasteiger partial charge in [0.25, 0.3) is 5.91 Å². The van der Waals surface area contributed by atoms with E-state index in [2.05, 4.69) is 15.4 Å². The number of anilines is 1. The maximum absolute atomic E-state index is 12.0. The topological polar surface area (TPSA) is 84.5 Å². The van der Waals surface area contributed by atoms with Crippen molar-refractivity contribution in [2.24, 2.45) is 0 Å². The molecule has 0 radical (unpaired) electrons. The minimum atomic E-state index is -0.483. The second-order valence-corrected chi connectivity index (χ2v) is 5.12. The lowest BCUT2D eigenvalue weighted by Gasteiger charge is -2.10. The number of carbonyl (C=O) groups is 3. The van der Waals surface area contributed by atoms with Crippen molar-refractivity contribution >= 4 is 23.5 Å². The zero-order valence-corrected chi connectivity index (χ0v) is 13.5. The first-order valence-corrected chi connectivity index (χ1v) is 7.33. The van der Waals surface area contributed by atoms with Crippen LogP contribution in [0.15, 0.2) is 48.5 Å². The molecule has 0 aliphatic heterocycles. The highest BCUT2D eigenvalue weighted by molar-refractivity contribution is 6.00. The van der Waals surface area contributed by atoms with Crippen molar-refractivity contribution in [2.45, 2.75) is 6.92 Å². The molecular weight excluding hydrogens is 308 g/mol. The lowest BCUT2D eigenvalue weighted by Crippen LogP contribution is -2.33. The monoisotopic (exact) mass is 326 g/mol. The van der Waals surface area contributed by atoms with Crippen molar-refractivity contribution in [2.75, 3.05) is 19.0 Å². The predicted molar refractivity (Wildman–Crippen MR) is 89.9 cm³/mol. The summed E-state index contributed by atoms with van der Waals surface area (Å²) in [7, 11) is 1.29. The van der Waals surface area contributed by atoms with E-state index in [0.717, 1.165) is 5.56 Å². The molecule has 0 spiro atoms. The maximum Gasteiger partial charge on any atom is 0.337 e. The van der Waals surface area contributed by atoms with Gasteiger partial charge in [-0.15, -0.1) is 0 Å². The number of ether oxygens (including phenoxy) is 1. The molecule has 6 nitrogen and oxygen atoms in total. The first-order chi connectivity index (χ1) is 11.5. The zero-order valence-electron chi connectivity index (χ0n) is 13.5. The zero-order chi connectivity index (χ0) is 17.5. The van der Waals surface area contributed by atoms with Crippen LogP contribution in [-0.4, -0.2) is 31.4 Å². The largest absolute Gasteiger partial charge is 0.465 e. The molecule has 0 aromatic heterocycles. The maximum atomic E-state index is 12.0. The fourth-order valence-electron chi connectivity index (χ4n) is 2.05. The number of aryl methyl sites for hydroxylation is 1. The fraction of sp³-hybridized carbons (Fsp3) is 0.167. The number of carbonyl (C=O) groups excluding carboxylic acids is 3. The molecule has 24 heavy (non-hydrogen) atoms. The van der Waals surface area contributed by atoms with E-state index in [-0.39, 0.29) is 18.4 Å². The number of amides is 2. The SMILES string of the molecule is COC(=O)c1ccc(C)c(NC(=O)CNC(=O)c2ccccc2)c1. The van der Waals surface area contributed by atoms with Crippen molar-refractivity contribution in [1.29, 1.82) is 0 Å². The van der Waals surface area contributed by atoms with Crippen molar-refractivity contribution in [3.63, 3.8) is 0 Å². The van der Waals surface area contributed by atoms with E-state index in [4.69, 9.17) is 0 Å². The summed E-state index contributed by atoms with van der Waals surface area (Å²) in [6, 6.07) is 13.5. The molecule has 0 aliphatic rings. The first kappa shape index (κ1) is 17.2. The Bertz CT molecular complexity index is 757. The van der Waals surface area contributed by atoms with E-state index in [0.29, 0.717) is 16.8 Å². The normalized spacial score (nSPS) is 9.92. The van der Waals surface area contributed by atoms with Crippen molar-refractivity contribution in [3.8, 4) is 0 Å². The Balaban J connectivity index is 1.97. The van der Waals surface area contributed by atoms with Gasteiger partial charge in [-0.3, -0.25) is 9.59 Å². The molecule has 0 aliphatic carbocycles. The Morgan fingerprint density at radius 3 is 2.38 bits per heavy atom. The van der Waals surface area contributed by atoms with E-state index in [9.17, 15) is 14.4 Å². The average Bonchev–Trinajstić information content (AvgIpc) is 2.61. The highest BCUT2D eigenvalue weighted by atomic mass is 16.5. The van der Waals surface area contributed by atoms with E-state index >= 15 is 0 Å². The number of hydrogen-bond acceptors (Lipinski definition) is 4. The van der Waals surface area contributed by atoms with Gasteiger partial charge in [0.15, 0.2) is 0 Å². The second-order valence-electron chi connectivity index (χ2n) is 5.12. The van der Waals surface area contributed by atoms with Crippen LogP contribution in [0.4, 0.5) is 5.69 Å². The summed E-state index contributed by atoms with van der Waals surface area (Å²) in [5, 5.41) is 5.22. The molecular formula is C18H18N2O4. The molecule has 6 heteroatoms. The highest BCUT2D eigenvalue weighted by Crippen LogP contribution is 2.17. The number of esters is 1. The molecule has 2 aromatic rings. The van der Waals surface area contributed by atoms with E-state index in [1.54, 1.807) is 49.4 Å². The third-order valence-electron chi connectivity index (χ3n) is 3.38. The van der Waals surface area contributed by atoms with Gasteiger partial charge >= 0.3 is 5.97 Å². The summed E-state index contributed by atoms with van der Waals surface area (Å²) in [6.45, 7) is 1.63. The molecule has 0 saturated heterocycles. The van der Waals surface area contributed by atoms with Crippen molar-refractivity contribution in [3.05, 3.63) is 65.2 Å². The van der Waals surface area contributed by atoms with E-state index < -0.39 is 5.97 Å². The van der Waals surface area contributed by atoms with Crippen LogP contribution in [0.2, 0.25) is 0 Å². The Kier molecular flexibility index (Phi) is 5.68. The Labute approximate surface area is 139 Å². The summed E-state index contributed by atoms with van der Waals surface area (Å²) >= 11 is 0. The fourth-order valence-corrected chi connectivity index (χ4v) is 2.05. The molecule has 2 amide bonds. The Hall–Kier alpha value is -3.15. The quantitative estimate of drug-likeness (QED) is 0.825. The minimum absolute atomic E-state index is 0.171. The van der Waals surface area contributed by atoms with Crippen LogP contribution in [-0.2, 0) is 9.53 Å². The Morgan fingerprint density at radius 1 is 1.00 bits per heavy atom. The first-order valence-electron chi connectivity index (χ1n) is 7.33. The molecule has 0 fully saturated rings. The van der Waals surface area contributed by atoms with E-state index in [1.165, 1.54) is 13.2 Å². The molecule has 0 unspecified atom stereocenters. The van der Waals surface area contributed by atoms with Crippen LogP contribution in [0.25, 0.3) is 0 Å². The Morgan fingerprint density at radius 2 is 1.71 bits per heavy atom. The van der Waals surface area contributed by atoms with Gasteiger partial charge in [-0.1, -0.05) is 24.3 Å². The summed E-state index contributed by atoms with van der Waals surface area (Å²) < 4.78 is 4.66. The summed E-state index contributed by atoms with van der Waals surface area (Å²) in [6.07, 6.45) is 0. The van der Waals surface area contributed by atoms with Crippen molar-refractivity contribution in [1.82, 2.24) is 5.32 Å². The lowest BCUT2D eigenvalue weighted by atomic mass is 10.1. The van der Waals surface area contributed by atoms with E-state index in [1.807, 2.05) is 0 Å². The molecule has 0 bridgehead atoms.